The Hall–Kier alpha value is -1.73. The van der Waals surface area contributed by atoms with Crippen molar-refractivity contribution in [3.63, 3.8) is 0 Å². The van der Waals surface area contributed by atoms with E-state index in [0.717, 1.165) is 12.8 Å². The van der Waals surface area contributed by atoms with E-state index >= 15 is 0 Å². The Bertz CT molecular complexity index is 564. The van der Waals surface area contributed by atoms with Gasteiger partial charge in [0.1, 0.15) is 16.9 Å². The maximum Gasteiger partial charge on any atom is 0.274 e. The van der Waals surface area contributed by atoms with Gasteiger partial charge in [-0.1, -0.05) is 11.6 Å². The minimum absolute atomic E-state index is 0.133. The average Bonchev–Trinajstić information content (AvgIpc) is 3.30. The third-order valence-electron chi connectivity index (χ3n) is 3.44. The highest BCUT2D eigenvalue weighted by atomic mass is 35.5. The smallest absolute Gasteiger partial charge is 0.274 e. The molecule has 0 radical (unpaired) electrons. The van der Waals surface area contributed by atoms with Crippen LogP contribution in [-0.2, 0) is 9.53 Å². The Morgan fingerprint density at radius 2 is 2.19 bits per heavy atom. The Morgan fingerprint density at radius 3 is 2.90 bits per heavy atom. The molecule has 1 saturated carbocycles. The molecule has 8 heteroatoms. The molecule has 2 aliphatic rings. The maximum atomic E-state index is 12.5. The van der Waals surface area contributed by atoms with Gasteiger partial charge in [-0.15, -0.1) is 0 Å². The lowest BCUT2D eigenvalue weighted by molar-refractivity contribution is -0.130. The molecule has 2 fully saturated rings. The molecule has 1 unspecified atom stereocenters. The largest absolute Gasteiger partial charge is 0.377 e. The fourth-order valence-electron chi connectivity index (χ4n) is 2.18. The molecule has 1 atom stereocenters. The monoisotopic (exact) mass is 310 g/mol. The first kappa shape index (κ1) is 14.2. The minimum Gasteiger partial charge on any atom is -0.377 e. The number of carbonyl (C=O) groups excluding carboxylic acids is 2. The van der Waals surface area contributed by atoms with Crippen molar-refractivity contribution >= 4 is 23.4 Å². The number of aromatic nitrogens is 2. The predicted octanol–water partition coefficient (Wildman–Crippen LogP) is 0.250. The first-order valence-corrected chi connectivity index (χ1v) is 7.19. The second-order valence-corrected chi connectivity index (χ2v) is 5.49. The SMILES string of the molecule is O=C(NC1CC1)C1COCCN1C(=O)c1cncc(Cl)n1. The molecule has 1 saturated heterocycles. The van der Waals surface area contributed by atoms with Crippen LogP contribution in [0.4, 0.5) is 0 Å². The lowest BCUT2D eigenvalue weighted by atomic mass is 10.2. The van der Waals surface area contributed by atoms with Gasteiger partial charge in [0.15, 0.2) is 0 Å². The third-order valence-corrected chi connectivity index (χ3v) is 3.62. The third kappa shape index (κ3) is 3.30. The van der Waals surface area contributed by atoms with Crippen LogP contribution in [0.5, 0.6) is 0 Å². The van der Waals surface area contributed by atoms with Gasteiger partial charge in [-0.2, -0.15) is 0 Å². The number of amides is 2. The first-order chi connectivity index (χ1) is 10.1. The summed E-state index contributed by atoms with van der Waals surface area (Å²) in [5, 5.41) is 3.04. The van der Waals surface area contributed by atoms with Gasteiger partial charge < -0.3 is 15.0 Å². The Morgan fingerprint density at radius 1 is 1.38 bits per heavy atom. The van der Waals surface area contributed by atoms with Crippen molar-refractivity contribution in [2.24, 2.45) is 0 Å². The molecule has 112 valence electrons. The van der Waals surface area contributed by atoms with E-state index in [1.165, 1.54) is 17.3 Å². The van der Waals surface area contributed by atoms with Crippen LogP contribution in [0.15, 0.2) is 12.4 Å². The number of nitrogens with zero attached hydrogens (tertiary/aromatic N) is 3. The van der Waals surface area contributed by atoms with Gasteiger partial charge in [-0.3, -0.25) is 14.6 Å². The molecule has 2 heterocycles. The molecule has 1 aromatic heterocycles. The summed E-state index contributed by atoms with van der Waals surface area (Å²) < 4.78 is 5.33. The van der Waals surface area contributed by atoms with E-state index < -0.39 is 6.04 Å². The van der Waals surface area contributed by atoms with Gasteiger partial charge in [0.05, 0.1) is 25.6 Å². The highest BCUT2D eigenvalue weighted by molar-refractivity contribution is 6.29. The van der Waals surface area contributed by atoms with Crippen molar-refractivity contribution in [3.05, 3.63) is 23.2 Å². The van der Waals surface area contributed by atoms with E-state index in [1.807, 2.05) is 0 Å². The number of hydrogen-bond acceptors (Lipinski definition) is 5. The van der Waals surface area contributed by atoms with Crippen LogP contribution in [0.2, 0.25) is 5.15 Å². The Labute approximate surface area is 126 Å². The molecule has 0 aromatic carbocycles. The summed E-state index contributed by atoms with van der Waals surface area (Å²) in [6.07, 6.45) is 4.69. The van der Waals surface area contributed by atoms with Gasteiger partial charge in [-0.25, -0.2) is 4.98 Å². The first-order valence-electron chi connectivity index (χ1n) is 6.82. The average molecular weight is 311 g/mol. The van der Waals surface area contributed by atoms with Gasteiger partial charge in [0.2, 0.25) is 5.91 Å². The van der Waals surface area contributed by atoms with E-state index in [0.29, 0.717) is 13.2 Å². The minimum atomic E-state index is -0.632. The number of morpholine rings is 1. The van der Waals surface area contributed by atoms with Crippen molar-refractivity contribution in [2.75, 3.05) is 19.8 Å². The number of hydrogen-bond donors (Lipinski definition) is 1. The zero-order valence-electron chi connectivity index (χ0n) is 11.3. The normalized spacial score (nSPS) is 22.0. The van der Waals surface area contributed by atoms with Gasteiger partial charge in [0.25, 0.3) is 5.91 Å². The zero-order valence-corrected chi connectivity index (χ0v) is 12.0. The van der Waals surface area contributed by atoms with E-state index in [1.54, 1.807) is 0 Å². The van der Waals surface area contributed by atoms with Crippen molar-refractivity contribution in [1.82, 2.24) is 20.2 Å². The summed E-state index contributed by atoms with van der Waals surface area (Å²) in [7, 11) is 0. The molecule has 3 rings (SSSR count). The zero-order chi connectivity index (χ0) is 14.8. The van der Waals surface area contributed by atoms with Crippen molar-refractivity contribution in [1.29, 1.82) is 0 Å². The van der Waals surface area contributed by atoms with Gasteiger partial charge in [-0.05, 0) is 12.8 Å². The summed E-state index contributed by atoms with van der Waals surface area (Å²) in [6.45, 7) is 0.932. The summed E-state index contributed by atoms with van der Waals surface area (Å²) in [5.74, 6) is -0.537. The number of carbonyl (C=O) groups is 2. The number of ether oxygens (including phenoxy) is 1. The molecular formula is C13H15ClN4O3. The maximum absolute atomic E-state index is 12.5. The van der Waals surface area contributed by atoms with E-state index in [-0.39, 0.29) is 35.3 Å². The van der Waals surface area contributed by atoms with Crippen molar-refractivity contribution < 1.29 is 14.3 Å². The van der Waals surface area contributed by atoms with Crippen LogP contribution in [0.1, 0.15) is 23.3 Å². The van der Waals surface area contributed by atoms with Crippen LogP contribution in [0.25, 0.3) is 0 Å². The number of halogens is 1. The fraction of sp³-hybridized carbons (Fsp3) is 0.538. The van der Waals surface area contributed by atoms with Crippen molar-refractivity contribution in [2.45, 2.75) is 24.9 Å². The standard InChI is InChI=1S/C13H15ClN4O3/c14-11-6-15-5-9(17-11)13(20)18-3-4-21-7-10(18)12(19)16-8-1-2-8/h5-6,8,10H,1-4,7H2,(H,16,19). The topological polar surface area (TPSA) is 84.4 Å². The van der Waals surface area contributed by atoms with Crippen LogP contribution in [0, 0.1) is 0 Å². The molecule has 7 nitrogen and oxygen atoms in total. The molecule has 1 aliphatic heterocycles. The lowest BCUT2D eigenvalue weighted by Gasteiger charge is -2.34. The van der Waals surface area contributed by atoms with E-state index in [2.05, 4.69) is 15.3 Å². The number of nitrogens with one attached hydrogen (secondary N) is 1. The second-order valence-electron chi connectivity index (χ2n) is 5.10. The summed E-state index contributed by atoms with van der Waals surface area (Å²) >= 11 is 5.76. The summed E-state index contributed by atoms with van der Waals surface area (Å²) in [6, 6.07) is -0.394. The Kier molecular flexibility index (Phi) is 4.03. The molecule has 21 heavy (non-hydrogen) atoms. The van der Waals surface area contributed by atoms with E-state index in [4.69, 9.17) is 16.3 Å². The lowest BCUT2D eigenvalue weighted by Crippen LogP contribution is -2.56. The molecule has 1 aromatic rings. The molecule has 1 N–H and O–H groups in total. The van der Waals surface area contributed by atoms with Crippen LogP contribution < -0.4 is 5.32 Å². The second kappa shape index (κ2) is 5.95. The van der Waals surface area contributed by atoms with Crippen LogP contribution in [-0.4, -0.2) is 58.5 Å². The fourth-order valence-corrected chi connectivity index (χ4v) is 2.33. The summed E-state index contributed by atoms with van der Waals surface area (Å²) in [4.78, 5) is 34.0. The highest BCUT2D eigenvalue weighted by Gasteiger charge is 2.36. The highest BCUT2D eigenvalue weighted by Crippen LogP contribution is 2.20. The van der Waals surface area contributed by atoms with Gasteiger partial charge >= 0.3 is 0 Å². The molecule has 2 amide bonds. The number of rotatable bonds is 3. The summed E-state index contributed by atoms with van der Waals surface area (Å²) in [5.41, 5.74) is 0.133. The molecule has 1 aliphatic carbocycles. The predicted molar refractivity (Wildman–Crippen MR) is 73.9 cm³/mol. The van der Waals surface area contributed by atoms with E-state index in [9.17, 15) is 9.59 Å². The van der Waals surface area contributed by atoms with Gasteiger partial charge in [0, 0.05) is 12.6 Å². The van der Waals surface area contributed by atoms with Crippen LogP contribution in [0.3, 0.4) is 0 Å². The van der Waals surface area contributed by atoms with Crippen LogP contribution >= 0.6 is 11.6 Å². The molecular weight excluding hydrogens is 296 g/mol. The molecule has 0 bridgehead atoms. The van der Waals surface area contributed by atoms with Crippen molar-refractivity contribution in [3.8, 4) is 0 Å². The molecule has 0 spiro atoms. The Balaban J connectivity index is 1.76. The quantitative estimate of drug-likeness (QED) is 0.865.